The van der Waals surface area contributed by atoms with E-state index in [1.807, 2.05) is 0 Å². The SMILES string of the molecule is O=Cc1cc(S(=O)(=O)O)cc(S(=O)(=O)O)c1S(=O)(=O)O. The van der Waals surface area contributed by atoms with E-state index in [0.717, 1.165) is 0 Å². The largest absolute Gasteiger partial charge is 0.298 e. The summed E-state index contributed by atoms with van der Waals surface area (Å²) < 4.78 is 92.4. The van der Waals surface area contributed by atoms with E-state index in [1.54, 1.807) is 0 Å². The number of aldehydes is 1. The predicted octanol–water partition coefficient (Wildman–Crippen LogP) is -0.761. The normalized spacial score (nSPS) is 13.2. The van der Waals surface area contributed by atoms with Crippen molar-refractivity contribution < 1.29 is 43.7 Å². The molecule has 0 aliphatic heterocycles. The van der Waals surface area contributed by atoms with E-state index >= 15 is 0 Å². The molecule has 112 valence electrons. The van der Waals surface area contributed by atoms with Crippen molar-refractivity contribution in [2.75, 3.05) is 0 Å². The summed E-state index contributed by atoms with van der Waals surface area (Å²) in [6.07, 6.45) is -0.271. The third-order valence-electron chi connectivity index (χ3n) is 2.02. The highest BCUT2D eigenvalue weighted by molar-refractivity contribution is 7.89. The molecule has 0 heterocycles. The molecule has 0 radical (unpaired) electrons. The van der Waals surface area contributed by atoms with Crippen LogP contribution in [0.1, 0.15) is 10.4 Å². The van der Waals surface area contributed by atoms with E-state index in [-0.39, 0.29) is 12.4 Å². The lowest BCUT2D eigenvalue weighted by Crippen LogP contribution is -2.13. The first-order valence-electron chi connectivity index (χ1n) is 4.34. The molecular formula is C7H6O10S3. The Morgan fingerprint density at radius 1 is 0.800 bits per heavy atom. The molecule has 1 aromatic carbocycles. The van der Waals surface area contributed by atoms with Gasteiger partial charge in [0.25, 0.3) is 30.4 Å². The maximum atomic E-state index is 11.1. The second-order valence-electron chi connectivity index (χ2n) is 3.38. The minimum Gasteiger partial charge on any atom is -0.298 e. The fourth-order valence-electron chi connectivity index (χ4n) is 1.30. The Balaban J connectivity index is 4.11. The third-order valence-corrected chi connectivity index (χ3v) is 4.83. The van der Waals surface area contributed by atoms with Gasteiger partial charge in [0.05, 0.1) is 4.90 Å². The molecule has 0 atom stereocenters. The molecule has 0 spiro atoms. The lowest BCUT2D eigenvalue weighted by atomic mass is 10.2. The van der Waals surface area contributed by atoms with E-state index in [1.165, 1.54) is 0 Å². The van der Waals surface area contributed by atoms with Gasteiger partial charge in [-0.3, -0.25) is 18.5 Å². The summed E-state index contributed by atoms with van der Waals surface area (Å²) in [5, 5.41) is 0. The molecule has 0 fully saturated rings. The van der Waals surface area contributed by atoms with Crippen LogP contribution in [0.25, 0.3) is 0 Å². The Morgan fingerprint density at radius 3 is 1.60 bits per heavy atom. The number of rotatable bonds is 4. The van der Waals surface area contributed by atoms with Gasteiger partial charge in [-0.15, -0.1) is 0 Å². The summed E-state index contributed by atoms with van der Waals surface area (Å²) in [4.78, 5) is 6.49. The molecule has 0 amide bonds. The van der Waals surface area contributed by atoms with Crippen LogP contribution in [-0.4, -0.2) is 45.2 Å². The van der Waals surface area contributed by atoms with Crippen molar-refractivity contribution >= 4 is 36.6 Å². The standard InChI is InChI=1S/C7H6O10S3/c8-3-4-1-5(18(9,10)11)2-6(19(12,13)14)7(4)20(15,16)17/h1-3H,(H,9,10,11)(H,12,13,14)(H,15,16,17). The zero-order valence-corrected chi connectivity index (χ0v) is 11.6. The van der Waals surface area contributed by atoms with Gasteiger partial charge < -0.3 is 0 Å². The molecule has 0 saturated carbocycles. The lowest BCUT2D eigenvalue weighted by Gasteiger charge is -2.09. The smallest absolute Gasteiger partial charge is 0.296 e. The van der Waals surface area contributed by atoms with Crippen molar-refractivity contribution in [3.05, 3.63) is 17.7 Å². The number of benzene rings is 1. The van der Waals surface area contributed by atoms with Crippen LogP contribution < -0.4 is 0 Å². The number of hydrogen-bond acceptors (Lipinski definition) is 7. The van der Waals surface area contributed by atoms with Crippen molar-refractivity contribution in [3.8, 4) is 0 Å². The predicted molar refractivity (Wildman–Crippen MR) is 61.3 cm³/mol. The first kappa shape index (κ1) is 16.7. The Hall–Kier alpha value is -1.38. The quantitative estimate of drug-likeness (QED) is 0.463. The molecule has 3 N–H and O–H groups in total. The molecule has 0 saturated heterocycles. The highest BCUT2D eigenvalue weighted by atomic mass is 32.2. The number of carbonyl (C=O) groups excluding carboxylic acids is 1. The molecule has 13 heteroatoms. The summed E-state index contributed by atoms with van der Waals surface area (Å²) in [5.74, 6) is 0. The number of hydrogen-bond donors (Lipinski definition) is 3. The third kappa shape index (κ3) is 3.38. The molecular weight excluding hydrogens is 340 g/mol. The topological polar surface area (TPSA) is 180 Å². The van der Waals surface area contributed by atoms with Gasteiger partial charge in [0.2, 0.25) is 0 Å². The van der Waals surface area contributed by atoms with Crippen molar-refractivity contribution in [3.63, 3.8) is 0 Å². The van der Waals surface area contributed by atoms with E-state index in [4.69, 9.17) is 13.7 Å². The molecule has 0 aliphatic rings. The van der Waals surface area contributed by atoms with Crippen LogP contribution in [0.3, 0.4) is 0 Å². The average molecular weight is 346 g/mol. The maximum Gasteiger partial charge on any atom is 0.296 e. The van der Waals surface area contributed by atoms with Crippen molar-refractivity contribution in [1.82, 2.24) is 0 Å². The van der Waals surface area contributed by atoms with Crippen LogP contribution in [-0.2, 0) is 30.4 Å². The van der Waals surface area contributed by atoms with Crippen molar-refractivity contribution in [1.29, 1.82) is 0 Å². The van der Waals surface area contributed by atoms with E-state index in [0.29, 0.717) is 6.07 Å². The lowest BCUT2D eigenvalue weighted by molar-refractivity contribution is 0.111. The van der Waals surface area contributed by atoms with Crippen LogP contribution in [0, 0.1) is 0 Å². The minimum absolute atomic E-state index is 0.0841. The first-order valence-corrected chi connectivity index (χ1v) is 8.66. The zero-order chi connectivity index (χ0) is 15.9. The van der Waals surface area contributed by atoms with Crippen LogP contribution in [0.4, 0.5) is 0 Å². The molecule has 1 aromatic rings. The Kier molecular flexibility index (Phi) is 4.06. The van der Waals surface area contributed by atoms with Gasteiger partial charge in [-0.2, -0.15) is 25.3 Å². The Morgan fingerprint density at radius 2 is 1.30 bits per heavy atom. The highest BCUT2D eigenvalue weighted by Crippen LogP contribution is 2.27. The summed E-state index contributed by atoms with van der Waals surface area (Å²) in [5.41, 5.74) is -1.07. The van der Waals surface area contributed by atoms with Crippen LogP contribution in [0.15, 0.2) is 26.8 Å². The average Bonchev–Trinajstić information content (AvgIpc) is 2.23. The van der Waals surface area contributed by atoms with E-state index < -0.39 is 50.6 Å². The summed E-state index contributed by atoms with van der Waals surface area (Å²) in [6.45, 7) is 0. The molecule has 0 aromatic heterocycles. The minimum atomic E-state index is -5.31. The maximum absolute atomic E-state index is 11.1. The first-order chi connectivity index (χ1) is 8.78. The van der Waals surface area contributed by atoms with Crippen molar-refractivity contribution in [2.24, 2.45) is 0 Å². The second kappa shape index (κ2) is 4.87. The molecule has 0 aliphatic carbocycles. The number of carbonyl (C=O) groups is 1. The van der Waals surface area contributed by atoms with Gasteiger partial charge in [0, 0.05) is 5.56 Å². The van der Waals surface area contributed by atoms with Crippen LogP contribution in [0.2, 0.25) is 0 Å². The van der Waals surface area contributed by atoms with Crippen LogP contribution in [0.5, 0.6) is 0 Å². The molecule has 0 unspecified atom stereocenters. The van der Waals surface area contributed by atoms with Gasteiger partial charge in [-0.25, -0.2) is 0 Å². The van der Waals surface area contributed by atoms with Crippen LogP contribution >= 0.6 is 0 Å². The summed E-state index contributed by atoms with van der Waals surface area (Å²) in [7, 11) is -15.6. The van der Waals surface area contributed by atoms with Gasteiger partial charge >= 0.3 is 0 Å². The van der Waals surface area contributed by atoms with E-state index in [2.05, 4.69) is 0 Å². The fraction of sp³-hybridized carbons (Fsp3) is 0. The van der Waals surface area contributed by atoms with Gasteiger partial charge in [-0.05, 0) is 12.1 Å². The van der Waals surface area contributed by atoms with E-state index in [9.17, 15) is 30.0 Å². The Labute approximate surface area is 113 Å². The van der Waals surface area contributed by atoms with Gasteiger partial charge in [0.15, 0.2) is 6.29 Å². The molecule has 20 heavy (non-hydrogen) atoms. The Bertz CT molecular complexity index is 875. The molecule has 1 rings (SSSR count). The summed E-state index contributed by atoms with van der Waals surface area (Å²) >= 11 is 0. The van der Waals surface area contributed by atoms with Crippen molar-refractivity contribution in [2.45, 2.75) is 14.7 Å². The second-order valence-corrected chi connectivity index (χ2v) is 7.55. The molecule has 10 nitrogen and oxygen atoms in total. The monoisotopic (exact) mass is 346 g/mol. The summed E-state index contributed by atoms with van der Waals surface area (Å²) in [6, 6.07) is 0.404. The highest BCUT2D eigenvalue weighted by Gasteiger charge is 2.30. The molecule has 0 bridgehead atoms. The fourth-order valence-corrected chi connectivity index (χ4v) is 3.90. The zero-order valence-electron chi connectivity index (χ0n) is 9.16. The van der Waals surface area contributed by atoms with Gasteiger partial charge in [0.1, 0.15) is 9.79 Å². The van der Waals surface area contributed by atoms with Gasteiger partial charge in [-0.1, -0.05) is 0 Å².